The first-order chi connectivity index (χ1) is 44.9. The Hall–Kier alpha value is -6.55. The lowest BCUT2D eigenvalue weighted by atomic mass is 9.79. The number of halogens is 7. The summed E-state index contributed by atoms with van der Waals surface area (Å²) in [5.74, 6) is 0.104. The van der Waals surface area contributed by atoms with Gasteiger partial charge in [-0.3, -0.25) is 19.2 Å². The first-order valence-corrected chi connectivity index (χ1v) is 32.9. The summed E-state index contributed by atoms with van der Waals surface area (Å²) >= 11 is 28.8. The highest BCUT2D eigenvalue weighted by molar-refractivity contribution is 6.33. The van der Waals surface area contributed by atoms with E-state index in [4.69, 9.17) is 80.3 Å². The molecule has 4 aliphatic rings. The number of piperidine rings is 4. The van der Waals surface area contributed by atoms with Crippen LogP contribution in [0.4, 0.5) is 5.82 Å². The number of likely N-dealkylation sites (tertiary alicyclic amines) is 2. The van der Waals surface area contributed by atoms with E-state index in [2.05, 4.69) is 89.8 Å². The van der Waals surface area contributed by atoms with Gasteiger partial charge in [-0.05, 0) is 182 Å². The Morgan fingerprint density at radius 2 is 0.854 bits per heavy atom. The molecular formula is C66H87Cl7N18O5. The fraction of sp³-hybridized carbons (Fsp3) is 0.424. The van der Waals surface area contributed by atoms with Crippen molar-refractivity contribution in [1.29, 1.82) is 0 Å². The summed E-state index contributed by atoms with van der Waals surface area (Å²) in [6, 6.07) is 29.9. The van der Waals surface area contributed by atoms with E-state index in [0.29, 0.717) is 97.0 Å². The topological polar surface area (TPSA) is 333 Å². The number of nitrogens with one attached hydrogen (secondary N) is 6. The minimum absolute atomic E-state index is 0. The van der Waals surface area contributed by atoms with Crippen LogP contribution < -0.4 is 43.4 Å². The van der Waals surface area contributed by atoms with Crippen molar-refractivity contribution in [3.63, 3.8) is 0 Å². The number of carboxylic acids is 1. The lowest BCUT2D eigenvalue weighted by molar-refractivity contribution is -0.150. The predicted octanol–water partition coefficient (Wildman–Crippen LogP) is 9.80. The minimum atomic E-state index is -0.886. The molecule has 12 rings (SSSR count). The summed E-state index contributed by atoms with van der Waals surface area (Å²) in [6.45, 7) is 12.6. The van der Waals surface area contributed by atoms with Crippen LogP contribution in [0.2, 0.25) is 25.2 Å². The number of carboxylic acid groups (broad SMARTS) is 1. The van der Waals surface area contributed by atoms with Gasteiger partial charge in [-0.2, -0.15) is 0 Å². The molecule has 8 heterocycles. The van der Waals surface area contributed by atoms with Gasteiger partial charge in [0.1, 0.15) is 23.7 Å². The average molecular weight is 1460 g/mol. The smallest absolute Gasteiger partial charge is 0.309 e. The van der Waals surface area contributed by atoms with Crippen LogP contribution in [0, 0.1) is 10.8 Å². The van der Waals surface area contributed by atoms with Gasteiger partial charge >= 0.3 is 5.97 Å². The zero-order valence-corrected chi connectivity index (χ0v) is 59.6. The Morgan fingerprint density at radius 3 is 1.26 bits per heavy atom. The molecule has 3 amide bonds. The molecule has 0 spiro atoms. The SMILES string of the molecule is CN1CCC(C)(C(=O)NCc2ccc(Cl)cc2)CC1.CN1CCC(C)(C(=O)O)CC1.Cl.Cl.Clc1ncnc2nc[nH]c12.NC1(C(=O)NCc2ccc(Cl)cc2)CCN(c2ncnc3nc[nH]c23)CC1.NC1(C(=O)NCc2ccc(Cl)cc2)CCNCC1.NCc1ccc(Cl)cc1. The Bertz CT molecular complexity index is 3670. The number of benzene rings is 4. The molecule has 0 unspecified atom stereocenters. The largest absolute Gasteiger partial charge is 0.481 e. The maximum absolute atomic E-state index is 12.7. The highest BCUT2D eigenvalue weighted by Crippen LogP contribution is 2.32. The van der Waals surface area contributed by atoms with Crippen molar-refractivity contribution in [3.05, 3.63) is 170 Å². The number of carbonyl (C=O) groups is 4. The van der Waals surface area contributed by atoms with Crippen molar-refractivity contribution < 1.29 is 24.3 Å². The Morgan fingerprint density at radius 1 is 0.490 bits per heavy atom. The Kier molecular flexibility index (Phi) is 32.2. The molecule has 0 atom stereocenters. The highest BCUT2D eigenvalue weighted by Gasteiger charge is 2.40. The second-order valence-corrected chi connectivity index (χ2v) is 26.5. The Balaban J connectivity index is 0.000000216. The summed E-state index contributed by atoms with van der Waals surface area (Å²) < 4.78 is 0. The predicted molar refractivity (Wildman–Crippen MR) is 387 cm³/mol. The fourth-order valence-corrected chi connectivity index (χ4v) is 11.1. The van der Waals surface area contributed by atoms with Gasteiger partial charge < -0.3 is 68.2 Å². The van der Waals surface area contributed by atoms with Crippen LogP contribution in [0.15, 0.2) is 122 Å². The van der Waals surface area contributed by atoms with Crippen LogP contribution in [0.5, 0.6) is 0 Å². The average Bonchev–Trinajstić information content (AvgIpc) is 1.38. The van der Waals surface area contributed by atoms with E-state index in [0.717, 1.165) is 109 Å². The number of H-pyrrole nitrogens is 2. The number of nitrogens with two attached hydrogens (primary N) is 3. The van der Waals surface area contributed by atoms with Crippen LogP contribution in [0.25, 0.3) is 22.3 Å². The molecular weight excluding hydrogens is 1370 g/mol. The molecule has 96 heavy (non-hydrogen) atoms. The van der Waals surface area contributed by atoms with E-state index in [1.54, 1.807) is 18.5 Å². The van der Waals surface area contributed by atoms with Gasteiger partial charge in [-0.15, -0.1) is 24.8 Å². The third-order valence-corrected chi connectivity index (χ3v) is 18.5. The monoisotopic (exact) mass is 1460 g/mol. The van der Waals surface area contributed by atoms with Crippen LogP contribution in [0.3, 0.4) is 0 Å². The minimum Gasteiger partial charge on any atom is -0.481 e. The number of nitrogens with zero attached hydrogens (tertiary/aromatic N) is 9. The number of hydrogen-bond acceptors (Lipinski definition) is 17. The molecule has 0 radical (unpaired) electrons. The van der Waals surface area contributed by atoms with Gasteiger partial charge in [0.2, 0.25) is 17.7 Å². The van der Waals surface area contributed by atoms with Gasteiger partial charge in [0.15, 0.2) is 22.3 Å². The van der Waals surface area contributed by atoms with Crippen molar-refractivity contribution in [2.24, 2.45) is 28.0 Å². The quantitative estimate of drug-likeness (QED) is 0.0509. The number of anilines is 1. The molecule has 0 bridgehead atoms. The zero-order chi connectivity index (χ0) is 67.9. The number of carbonyl (C=O) groups excluding carboxylic acids is 3. The van der Waals surface area contributed by atoms with E-state index in [1.165, 1.54) is 19.0 Å². The third-order valence-electron chi connectivity index (χ3n) is 17.2. The molecule has 30 heteroatoms. The summed E-state index contributed by atoms with van der Waals surface area (Å²) in [4.78, 5) is 84.4. The van der Waals surface area contributed by atoms with Crippen molar-refractivity contribution in [2.45, 2.75) is 102 Å². The molecule has 23 nitrogen and oxygen atoms in total. The van der Waals surface area contributed by atoms with Crippen molar-refractivity contribution in [1.82, 2.24) is 70.9 Å². The van der Waals surface area contributed by atoms with Gasteiger partial charge in [-0.1, -0.05) is 113 Å². The van der Waals surface area contributed by atoms with E-state index < -0.39 is 22.5 Å². The van der Waals surface area contributed by atoms with Gasteiger partial charge in [0, 0.05) is 64.8 Å². The number of aliphatic carboxylic acids is 1. The lowest BCUT2D eigenvalue weighted by Gasteiger charge is -2.38. The second kappa shape index (κ2) is 38.6. The van der Waals surface area contributed by atoms with E-state index in [-0.39, 0.29) is 48.0 Å². The van der Waals surface area contributed by atoms with Crippen LogP contribution >= 0.6 is 82.8 Å². The number of hydrogen-bond donors (Lipinski definition) is 10. The summed E-state index contributed by atoms with van der Waals surface area (Å²) in [5.41, 5.74) is 22.5. The normalized spacial score (nSPS) is 16.7. The summed E-state index contributed by atoms with van der Waals surface area (Å²) in [6.07, 6.45) is 11.9. The fourth-order valence-electron chi connectivity index (χ4n) is 10.4. The van der Waals surface area contributed by atoms with E-state index in [1.807, 2.05) is 98.9 Å². The summed E-state index contributed by atoms with van der Waals surface area (Å²) in [7, 11) is 4.13. The number of fused-ring (bicyclic) bond motifs is 2. The molecule has 4 fully saturated rings. The number of rotatable bonds is 12. The van der Waals surface area contributed by atoms with Crippen LogP contribution in [-0.4, -0.2) is 156 Å². The van der Waals surface area contributed by atoms with Gasteiger partial charge in [0.05, 0.1) is 29.1 Å². The van der Waals surface area contributed by atoms with Crippen LogP contribution in [-0.2, 0) is 45.4 Å². The zero-order valence-electron chi connectivity index (χ0n) is 54.2. The number of aromatic nitrogens is 8. The molecule has 13 N–H and O–H groups in total. The first-order valence-electron chi connectivity index (χ1n) is 31.0. The highest BCUT2D eigenvalue weighted by atomic mass is 35.5. The van der Waals surface area contributed by atoms with E-state index in [9.17, 15) is 19.2 Å². The molecule has 4 aromatic carbocycles. The maximum atomic E-state index is 12.7. The molecule has 0 aliphatic carbocycles. The maximum Gasteiger partial charge on any atom is 0.309 e. The lowest BCUT2D eigenvalue weighted by Crippen LogP contribution is -2.59. The molecule has 520 valence electrons. The standard InChI is InChI=1S/C18H20ClN7O.C15H21ClN2O.C13H18ClN3O.C8H15NO2.C7H8ClN.C5H3ClN4.2ClH/c19-13-3-1-12(2-4-13)9-21-17(27)18(20)5-7-26(8-6-18)16-14-15(23-10-22-14)24-11-25-16;1-15(7-9-18(2)10-8-15)14(19)17-11-12-3-5-13(16)6-4-12;14-11-3-1-10(2-4-11)9-17-12(18)13(15)5-7-16-8-6-13;1-8(7(10)11)3-5-9(2)6-4-8;8-7-3-1-6(5-9)2-4-7;6-4-3-5(9-1-7-3)10-2-8-4;;/h1-4,10-11H,5-9,20H2,(H,21,27)(H,22,23,24,25);3-6H,7-11H2,1-2H3,(H,17,19);1-4,16H,5-9,15H2,(H,17,18);3-6H2,1-2H3,(H,10,11);1-4H,5,9H2;1-2H,(H,7,8,9,10);2*1H. The number of aromatic amines is 2. The Labute approximate surface area is 597 Å². The second-order valence-electron chi connectivity index (χ2n) is 24.4. The molecule has 4 aliphatic heterocycles. The number of imidazole rings is 2. The molecule has 8 aromatic rings. The van der Waals surface area contributed by atoms with Crippen molar-refractivity contribution >= 4 is 135 Å². The molecule has 4 saturated heterocycles. The summed E-state index contributed by atoms with van der Waals surface area (Å²) in [5, 5.41) is 24.2. The van der Waals surface area contributed by atoms with Crippen LogP contribution in [0.1, 0.15) is 87.5 Å². The van der Waals surface area contributed by atoms with Gasteiger partial charge in [0.25, 0.3) is 0 Å². The first kappa shape index (κ1) is 80.1. The number of amides is 3. The third kappa shape index (κ3) is 24.2. The van der Waals surface area contributed by atoms with E-state index >= 15 is 0 Å². The van der Waals surface area contributed by atoms with Gasteiger partial charge in [-0.25, -0.2) is 29.9 Å². The molecule has 4 aromatic heterocycles. The van der Waals surface area contributed by atoms with Crippen molar-refractivity contribution in [3.8, 4) is 0 Å². The van der Waals surface area contributed by atoms with Crippen molar-refractivity contribution in [2.75, 3.05) is 71.4 Å². The molecule has 0 saturated carbocycles.